The first-order valence-electron chi connectivity index (χ1n) is 5.41. The van der Waals surface area contributed by atoms with Gasteiger partial charge in [-0.05, 0) is 33.0 Å². The molecule has 0 radical (unpaired) electrons. The second-order valence-corrected chi connectivity index (χ2v) is 3.63. The molecule has 0 aromatic rings. The van der Waals surface area contributed by atoms with Gasteiger partial charge in [0.15, 0.2) is 0 Å². The number of rotatable bonds is 5. The van der Waals surface area contributed by atoms with Gasteiger partial charge in [-0.15, -0.1) is 0 Å². The molecule has 0 aromatic carbocycles. The standard InChI is InChI=1S/C9H20N2O.C2H6/c1-8(5-6-11(3)4)7-10-9(2)12;1-2/h8H,5-7H2,1-4H3,(H,10,12);1-2H3. The Bertz CT molecular complexity index is 135. The number of hydrogen-bond acceptors (Lipinski definition) is 2. The van der Waals surface area contributed by atoms with Crippen LogP contribution in [0.2, 0.25) is 0 Å². The summed E-state index contributed by atoms with van der Waals surface area (Å²) in [7, 11) is 4.12. The van der Waals surface area contributed by atoms with E-state index in [1.54, 1.807) is 6.92 Å². The van der Waals surface area contributed by atoms with Gasteiger partial charge in [0.1, 0.15) is 0 Å². The fourth-order valence-electron chi connectivity index (χ4n) is 0.899. The summed E-state index contributed by atoms with van der Waals surface area (Å²) in [5.74, 6) is 0.628. The monoisotopic (exact) mass is 202 g/mol. The smallest absolute Gasteiger partial charge is 0.216 e. The van der Waals surface area contributed by atoms with Crippen LogP contribution >= 0.6 is 0 Å². The summed E-state index contributed by atoms with van der Waals surface area (Å²) in [4.78, 5) is 12.7. The summed E-state index contributed by atoms with van der Waals surface area (Å²) in [6, 6.07) is 0. The van der Waals surface area contributed by atoms with Crippen LogP contribution in [0.3, 0.4) is 0 Å². The Hall–Kier alpha value is -0.570. The molecule has 3 nitrogen and oxygen atoms in total. The van der Waals surface area contributed by atoms with Crippen molar-refractivity contribution in [2.24, 2.45) is 5.92 Å². The summed E-state index contributed by atoms with van der Waals surface area (Å²) in [6.45, 7) is 9.59. The largest absolute Gasteiger partial charge is 0.356 e. The highest BCUT2D eigenvalue weighted by atomic mass is 16.1. The van der Waals surface area contributed by atoms with E-state index in [1.807, 2.05) is 13.8 Å². The van der Waals surface area contributed by atoms with E-state index in [0.717, 1.165) is 19.5 Å². The Morgan fingerprint density at radius 2 is 1.86 bits per heavy atom. The van der Waals surface area contributed by atoms with Gasteiger partial charge in [-0.2, -0.15) is 0 Å². The highest BCUT2D eigenvalue weighted by molar-refractivity contribution is 5.72. The van der Waals surface area contributed by atoms with Crippen molar-refractivity contribution in [1.82, 2.24) is 10.2 Å². The van der Waals surface area contributed by atoms with Crippen molar-refractivity contribution in [2.45, 2.75) is 34.1 Å². The van der Waals surface area contributed by atoms with Gasteiger partial charge in [0.25, 0.3) is 0 Å². The van der Waals surface area contributed by atoms with Gasteiger partial charge >= 0.3 is 0 Å². The third kappa shape index (κ3) is 14.0. The normalized spacial score (nSPS) is 11.6. The lowest BCUT2D eigenvalue weighted by atomic mass is 10.1. The van der Waals surface area contributed by atoms with Crippen LogP contribution in [0, 0.1) is 5.92 Å². The van der Waals surface area contributed by atoms with Crippen LogP contribution in [0.1, 0.15) is 34.1 Å². The molecule has 0 aliphatic carbocycles. The van der Waals surface area contributed by atoms with Gasteiger partial charge in [0.2, 0.25) is 5.91 Å². The van der Waals surface area contributed by atoms with E-state index in [0.29, 0.717) is 5.92 Å². The van der Waals surface area contributed by atoms with E-state index in [1.165, 1.54) is 0 Å². The topological polar surface area (TPSA) is 32.3 Å². The molecule has 0 fully saturated rings. The second-order valence-electron chi connectivity index (χ2n) is 3.63. The summed E-state index contributed by atoms with van der Waals surface area (Å²) >= 11 is 0. The molecule has 0 saturated heterocycles. The highest BCUT2D eigenvalue weighted by Gasteiger charge is 2.02. The molecule has 14 heavy (non-hydrogen) atoms. The fraction of sp³-hybridized carbons (Fsp3) is 0.909. The zero-order valence-electron chi connectivity index (χ0n) is 10.6. The van der Waals surface area contributed by atoms with Gasteiger partial charge in [-0.25, -0.2) is 0 Å². The third-order valence-corrected chi connectivity index (χ3v) is 1.77. The average Bonchev–Trinajstić information content (AvgIpc) is 2.14. The minimum Gasteiger partial charge on any atom is -0.356 e. The van der Waals surface area contributed by atoms with Gasteiger partial charge < -0.3 is 10.2 Å². The van der Waals surface area contributed by atoms with E-state index in [9.17, 15) is 4.79 Å². The number of carbonyl (C=O) groups excluding carboxylic acids is 1. The van der Waals surface area contributed by atoms with Gasteiger partial charge in [0.05, 0.1) is 0 Å². The summed E-state index contributed by atoms with van der Waals surface area (Å²) < 4.78 is 0. The molecule has 3 heteroatoms. The van der Waals surface area contributed by atoms with E-state index >= 15 is 0 Å². The van der Waals surface area contributed by atoms with E-state index in [-0.39, 0.29) is 5.91 Å². The van der Waals surface area contributed by atoms with Crippen LogP contribution in [0.4, 0.5) is 0 Å². The maximum absolute atomic E-state index is 10.6. The van der Waals surface area contributed by atoms with Crippen molar-refractivity contribution in [3.05, 3.63) is 0 Å². The van der Waals surface area contributed by atoms with Gasteiger partial charge in [-0.1, -0.05) is 20.8 Å². The maximum atomic E-state index is 10.6. The number of hydrogen-bond donors (Lipinski definition) is 1. The molecular weight excluding hydrogens is 176 g/mol. The Balaban J connectivity index is 0. The Kier molecular flexibility index (Phi) is 11.9. The summed E-state index contributed by atoms with van der Waals surface area (Å²) in [5.41, 5.74) is 0. The van der Waals surface area contributed by atoms with E-state index in [4.69, 9.17) is 0 Å². The zero-order chi connectivity index (χ0) is 11.6. The van der Waals surface area contributed by atoms with Crippen molar-refractivity contribution in [3.63, 3.8) is 0 Å². The Labute approximate surface area is 88.9 Å². The van der Waals surface area contributed by atoms with Crippen molar-refractivity contribution in [3.8, 4) is 0 Å². The first kappa shape index (κ1) is 15.9. The molecule has 0 saturated carbocycles. The lowest BCUT2D eigenvalue weighted by Crippen LogP contribution is -2.27. The van der Waals surface area contributed by atoms with Gasteiger partial charge in [-0.3, -0.25) is 4.79 Å². The Morgan fingerprint density at radius 1 is 1.36 bits per heavy atom. The molecule has 0 aliphatic heterocycles. The molecule has 0 aliphatic rings. The van der Waals surface area contributed by atoms with Crippen LogP contribution in [-0.2, 0) is 4.79 Å². The van der Waals surface area contributed by atoms with Crippen LogP contribution in [0.15, 0.2) is 0 Å². The quantitative estimate of drug-likeness (QED) is 0.736. The number of amides is 1. The van der Waals surface area contributed by atoms with Crippen molar-refractivity contribution in [2.75, 3.05) is 27.2 Å². The molecule has 1 amide bonds. The molecule has 1 atom stereocenters. The predicted octanol–water partition coefficient (Wildman–Crippen LogP) is 1.74. The third-order valence-electron chi connectivity index (χ3n) is 1.77. The molecule has 1 unspecified atom stereocenters. The minimum absolute atomic E-state index is 0.0618. The van der Waals surface area contributed by atoms with Gasteiger partial charge in [0, 0.05) is 13.5 Å². The molecule has 0 bridgehead atoms. The fourth-order valence-corrected chi connectivity index (χ4v) is 0.899. The molecule has 1 N–H and O–H groups in total. The first-order valence-corrected chi connectivity index (χ1v) is 5.41. The SMILES string of the molecule is CC.CC(=O)NCC(C)CCN(C)C. The van der Waals surface area contributed by atoms with Crippen molar-refractivity contribution in [1.29, 1.82) is 0 Å². The maximum Gasteiger partial charge on any atom is 0.216 e. The first-order chi connectivity index (χ1) is 6.52. The van der Waals surface area contributed by atoms with Crippen molar-refractivity contribution < 1.29 is 4.79 Å². The lowest BCUT2D eigenvalue weighted by molar-refractivity contribution is -0.119. The molecular formula is C11H26N2O. The van der Waals surface area contributed by atoms with Crippen molar-refractivity contribution >= 4 is 5.91 Å². The number of carbonyl (C=O) groups is 1. The number of nitrogens with zero attached hydrogens (tertiary/aromatic N) is 1. The Morgan fingerprint density at radius 3 is 2.21 bits per heavy atom. The van der Waals surface area contributed by atoms with E-state index < -0.39 is 0 Å². The van der Waals surface area contributed by atoms with Crippen LogP contribution in [0.5, 0.6) is 0 Å². The predicted molar refractivity (Wildman–Crippen MR) is 62.4 cm³/mol. The molecule has 0 aromatic heterocycles. The summed E-state index contributed by atoms with van der Waals surface area (Å²) in [6.07, 6.45) is 1.13. The van der Waals surface area contributed by atoms with Crippen LogP contribution < -0.4 is 5.32 Å². The molecule has 0 heterocycles. The number of nitrogens with one attached hydrogen (secondary N) is 1. The minimum atomic E-state index is 0.0618. The van der Waals surface area contributed by atoms with E-state index in [2.05, 4.69) is 31.2 Å². The molecule has 0 spiro atoms. The highest BCUT2D eigenvalue weighted by Crippen LogP contribution is 1.99. The molecule has 86 valence electrons. The second kappa shape index (κ2) is 10.5. The zero-order valence-corrected chi connectivity index (χ0v) is 10.6. The molecule has 0 rings (SSSR count). The lowest BCUT2D eigenvalue weighted by Gasteiger charge is -2.14. The van der Waals surface area contributed by atoms with Crippen LogP contribution in [0.25, 0.3) is 0 Å². The summed E-state index contributed by atoms with van der Waals surface area (Å²) in [5, 5.41) is 2.81. The average molecular weight is 202 g/mol. The van der Waals surface area contributed by atoms with Crippen LogP contribution in [-0.4, -0.2) is 38.0 Å².